The summed E-state index contributed by atoms with van der Waals surface area (Å²) in [6.45, 7) is 1.60. The number of benzene rings is 2. The highest BCUT2D eigenvalue weighted by molar-refractivity contribution is 7.85. The van der Waals surface area contributed by atoms with E-state index in [0.717, 1.165) is 36.3 Å². The van der Waals surface area contributed by atoms with Gasteiger partial charge in [0.1, 0.15) is 11.6 Å². The number of ether oxygens (including phenoxy) is 1. The number of halogens is 2. The van der Waals surface area contributed by atoms with Crippen LogP contribution in [0.15, 0.2) is 42.5 Å². The van der Waals surface area contributed by atoms with Crippen LogP contribution < -0.4 is 15.4 Å². The minimum absolute atomic E-state index is 0.0969. The molecule has 1 fully saturated rings. The zero-order chi connectivity index (χ0) is 25.9. The van der Waals surface area contributed by atoms with E-state index in [2.05, 4.69) is 10.6 Å². The number of methoxy groups -OCH3 is 1. The number of hydrogen-bond donors (Lipinski definition) is 4. The van der Waals surface area contributed by atoms with E-state index in [9.17, 15) is 21.2 Å². The second kappa shape index (κ2) is 13.9. The minimum Gasteiger partial charge on any atom is -0.496 e. The number of rotatable bonds is 5. The summed E-state index contributed by atoms with van der Waals surface area (Å²) >= 11 is 6.10. The van der Waals surface area contributed by atoms with E-state index >= 15 is 0 Å². The Balaban J connectivity index is 0.000000489. The molecule has 0 saturated carbocycles. The van der Waals surface area contributed by atoms with Crippen LogP contribution >= 0.6 is 11.6 Å². The molecule has 2 aromatic rings. The van der Waals surface area contributed by atoms with E-state index < -0.39 is 20.2 Å². The average molecular weight is 541 g/mol. The van der Waals surface area contributed by atoms with Crippen LogP contribution in [0.4, 0.5) is 4.39 Å². The Morgan fingerprint density at radius 1 is 1.12 bits per heavy atom. The molecule has 9 nitrogen and oxygen atoms in total. The van der Waals surface area contributed by atoms with Gasteiger partial charge in [-0.3, -0.25) is 9.11 Å². The Kier molecular flexibility index (Phi) is 12.4. The van der Waals surface area contributed by atoms with Gasteiger partial charge in [-0.15, -0.1) is 0 Å². The van der Waals surface area contributed by atoms with Crippen molar-refractivity contribution in [2.24, 2.45) is 0 Å². The van der Waals surface area contributed by atoms with Crippen LogP contribution in [0.2, 0.25) is 5.02 Å². The van der Waals surface area contributed by atoms with Crippen molar-refractivity contribution >= 4 is 31.8 Å². The van der Waals surface area contributed by atoms with Gasteiger partial charge in [0.05, 0.1) is 19.6 Å². The Hall–Kier alpha value is -1.80. The molecule has 1 aliphatic heterocycles. The Bertz CT molecular complexity index is 1090. The van der Waals surface area contributed by atoms with Crippen molar-refractivity contribution in [3.05, 3.63) is 64.4 Å². The zero-order valence-electron chi connectivity index (χ0n) is 19.0. The smallest absolute Gasteiger partial charge is 0.261 e. The summed E-state index contributed by atoms with van der Waals surface area (Å²) in [6, 6.07) is 12.8. The third-order valence-corrected chi connectivity index (χ3v) is 4.70. The molecule has 1 aliphatic rings. The Morgan fingerprint density at radius 3 is 2.29 bits per heavy atom. The maximum absolute atomic E-state index is 13.6. The largest absolute Gasteiger partial charge is 0.496 e. The van der Waals surface area contributed by atoms with Gasteiger partial charge in [-0.1, -0.05) is 23.7 Å². The minimum atomic E-state index is -3.67. The number of hydrogen-bond acceptors (Lipinski definition) is 7. The fourth-order valence-electron chi connectivity index (χ4n) is 3.28. The summed E-state index contributed by atoms with van der Waals surface area (Å²) in [5, 5.41) is 7.78. The zero-order valence-corrected chi connectivity index (χ0v) is 21.4. The molecule has 34 heavy (non-hydrogen) atoms. The number of piperidine rings is 1. The molecule has 3 rings (SSSR count). The first kappa shape index (κ1) is 30.2. The maximum Gasteiger partial charge on any atom is 0.261 e. The van der Waals surface area contributed by atoms with Gasteiger partial charge < -0.3 is 15.4 Å². The predicted octanol–water partition coefficient (Wildman–Crippen LogP) is 3.08. The summed E-state index contributed by atoms with van der Waals surface area (Å²) in [5.41, 5.74) is 2.00. The van der Waals surface area contributed by atoms with Gasteiger partial charge >= 0.3 is 0 Å². The average Bonchev–Trinajstić information content (AvgIpc) is 2.70. The SMILES string of the molecule is COc1ccc(Cl)cc1CN[C@H]1CCCN[C@H]1c1cccc(F)c1.CS(=O)(=O)O.CS(=O)(=O)O. The lowest BCUT2D eigenvalue weighted by Crippen LogP contribution is -2.45. The first-order valence-corrected chi connectivity index (χ1v) is 14.1. The summed E-state index contributed by atoms with van der Waals surface area (Å²) in [7, 11) is -5.68. The van der Waals surface area contributed by atoms with E-state index in [0.29, 0.717) is 24.1 Å². The molecule has 0 amide bonds. The lowest BCUT2D eigenvalue weighted by molar-refractivity contribution is 0.302. The molecule has 2 aromatic carbocycles. The van der Waals surface area contributed by atoms with Gasteiger partial charge in [0.25, 0.3) is 20.2 Å². The van der Waals surface area contributed by atoms with Crippen LogP contribution in [-0.2, 0) is 26.8 Å². The van der Waals surface area contributed by atoms with Crippen LogP contribution in [0.25, 0.3) is 0 Å². The van der Waals surface area contributed by atoms with Gasteiger partial charge in [0.15, 0.2) is 0 Å². The first-order valence-electron chi connectivity index (χ1n) is 10.1. The molecule has 1 saturated heterocycles. The van der Waals surface area contributed by atoms with E-state index in [1.54, 1.807) is 19.2 Å². The molecule has 0 bridgehead atoms. The third kappa shape index (κ3) is 13.8. The van der Waals surface area contributed by atoms with Gasteiger partial charge in [0, 0.05) is 29.2 Å². The topological polar surface area (TPSA) is 142 Å². The molecule has 0 radical (unpaired) electrons. The lowest BCUT2D eigenvalue weighted by Gasteiger charge is -2.34. The lowest BCUT2D eigenvalue weighted by atomic mass is 9.92. The second-order valence-corrected chi connectivity index (χ2v) is 10.9. The van der Waals surface area contributed by atoms with E-state index in [1.165, 1.54) is 6.07 Å². The van der Waals surface area contributed by atoms with Crippen molar-refractivity contribution in [1.29, 1.82) is 0 Å². The Labute approximate surface area is 205 Å². The van der Waals surface area contributed by atoms with Crippen LogP contribution in [0.5, 0.6) is 5.75 Å². The van der Waals surface area contributed by atoms with Crippen molar-refractivity contribution in [2.75, 3.05) is 26.2 Å². The summed E-state index contributed by atoms with van der Waals surface area (Å²) in [5.74, 6) is 0.619. The fourth-order valence-corrected chi connectivity index (χ4v) is 3.48. The predicted molar refractivity (Wildman–Crippen MR) is 130 cm³/mol. The second-order valence-electron chi connectivity index (χ2n) is 7.54. The highest BCUT2D eigenvalue weighted by atomic mass is 35.5. The van der Waals surface area contributed by atoms with Crippen molar-refractivity contribution in [1.82, 2.24) is 10.6 Å². The number of nitrogens with one attached hydrogen (secondary N) is 2. The van der Waals surface area contributed by atoms with E-state index in [-0.39, 0.29) is 17.9 Å². The molecular formula is C21H30ClFN2O7S2. The summed E-state index contributed by atoms with van der Waals surface area (Å²) in [4.78, 5) is 0. The quantitative estimate of drug-likeness (QED) is 0.421. The molecule has 0 unspecified atom stereocenters. The highest BCUT2D eigenvalue weighted by Crippen LogP contribution is 2.26. The van der Waals surface area contributed by atoms with Crippen LogP contribution in [-0.4, -0.2) is 58.1 Å². The van der Waals surface area contributed by atoms with E-state index in [1.807, 2.05) is 24.3 Å². The van der Waals surface area contributed by atoms with Gasteiger partial charge in [-0.2, -0.15) is 16.8 Å². The van der Waals surface area contributed by atoms with Crippen LogP contribution in [0.3, 0.4) is 0 Å². The molecular weight excluding hydrogens is 511 g/mol. The third-order valence-electron chi connectivity index (χ3n) is 4.46. The van der Waals surface area contributed by atoms with Crippen LogP contribution in [0, 0.1) is 5.82 Å². The van der Waals surface area contributed by atoms with E-state index in [4.69, 9.17) is 25.4 Å². The standard InChI is InChI=1S/C19H22ClFN2O.2CH4O3S/c1-24-18-8-7-15(20)10-14(18)12-23-17-6-3-9-22-19(17)13-4-2-5-16(21)11-13;2*1-5(2,3)4/h2,4-5,7-8,10-11,17,19,22-23H,3,6,9,12H2,1H3;2*1H3,(H,2,3,4)/t17-,19-;;/m0../s1. The summed E-state index contributed by atoms with van der Waals surface area (Å²) < 4.78 is 70.7. The van der Waals surface area contributed by atoms with Gasteiger partial charge in [-0.05, 0) is 55.3 Å². The summed E-state index contributed by atoms with van der Waals surface area (Å²) in [6.07, 6.45) is 3.56. The van der Waals surface area contributed by atoms with Crippen molar-refractivity contribution in [3.8, 4) is 5.75 Å². The molecule has 1 heterocycles. The molecule has 0 aromatic heterocycles. The fraction of sp³-hybridized carbons (Fsp3) is 0.429. The molecule has 4 N–H and O–H groups in total. The van der Waals surface area contributed by atoms with Gasteiger partial charge in [0.2, 0.25) is 0 Å². The van der Waals surface area contributed by atoms with Crippen molar-refractivity contribution < 1.29 is 35.1 Å². The normalized spacial score (nSPS) is 18.1. The molecule has 2 atom stereocenters. The van der Waals surface area contributed by atoms with Gasteiger partial charge in [-0.25, -0.2) is 4.39 Å². The molecule has 192 valence electrons. The Morgan fingerprint density at radius 2 is 1.74 bits per heavy atom. The monoisotopic (exact) mass is 540 g/mol. The highest BCUT2D eigenvalue weighted by Gasteiger charge is 2.26. The maximum atomic E-state index is 13.6. The molecule has 13 heteroatoms. The van der Waals surface area contributed by atoms with Crippen LogP contribution in [0.1, 0.15) is 30.0 Å². The molecule has 0 aliphatic carbocycles. The first-order chi connectivity index (χ1) is 15.7. The molecule has 0 spiro atoms. The van der Waals surface area contributed by atoms with Crippen molar-refractivity contribution in [2.45, 2.75) is 31.5 Å². The van der Waals surface area contributed by atoms with Crippen molar-refractivity contribution in [3.63, 3.8) is 0 Å².